The lowest BCUT2D eigenvalue weighted by Crippen LogP contribution is -2.14. The first-order valence-electron chi connectivity index (χ1n) is 6.45. The monoisotopic (exact) mass is 325 g/mol. The van der Waals surface area contributed by atoms with Gasteiger partial charge in [-0.3, -0.25) is 9.59 Å². The molecule has 0 aliphatic heterocycles. The van der Waals surface area contributed by atoms with Crippen LogP contribution in [0.3, 0.4) is 0 Å². The van der Waals surface area contributed by atoms with Gasteiger partial charge in [0, 0.05) is 12.1 Å². The minimum atomic E-state index is -0.644. The second kappa shape index (κ2) is 8.65. The molecule has 1 aromatic carbocycles. The Morgan fingerprint density at radius 1 is 1.19 bits per heavy atom. The Kier molecular flexibility index (Phi) is 7.20. The Labute approximate surface area is 134 Å². The number of amides is 1. The summed E-state index contributed by atoms with van der Waals surface area (Å²) in [6, 6.07) is 9.06. The molecule has 0 saturated carbocycles. The molecule has 0 aromatic heterocycles. The van der Waals surface area contributed by atoms with Crippen LogP contribution in [0.1, 0.15) is 19.8 Å². The van der Waals surface area contributed by atoms with Gasteiger partial charge in [0.2, 0.25) is 5.91 Å². The van der Waals surface area contributed by atoms with Crippen LogP contribution in [0, 0.1) is 0 Å². The van der Waals surface area contributed by atoms with Gasteiger partial charge in [-0.2, -0.15) is 0 Å². The molecule has 0 radical (unpaired) electrons. The van der Waals surface area contributed by atoms with Crippen molar-refractivity contribution in [1.82, 2.24) is 0 Å². The average molecular weight is 326 g/mol. The van der Waals surface area contributed by atoms with Crippen molar-refractivity contribution in [2.45, 2.75) is 24.1 Å². The third kappa shape index (κ3) is 8.33. The summed E-state index contributed by atoms with van der Waals surface area (Å²) >= 11 is 11.4. The van der Waals surface area contributed by atoms with Gasteiger partial charge in [-0.05, 0) is 25.1 Å². The first-order chi connectivity index (χ1) is 9.89. The van der Waals surface area contributed by atoms with Crippen LogP contribution in [0.2, 0.25) is 0 Å². The van der Waals surface area contributed by atoms with Gasteiger partial charge in [0.25, 0.3) is 0 Å². The fourth-order valence-electron chi connectivity index (χ4n) is 1.52. The fraction of sp³-hybridized carbons (Fsp3) is 0.250. The molecule has 1 amide bonds. The third-order valence-corrected chi connectivity index (χ3v) is 3.00. The zero-order chi connectivity index (χ0) is 15.7. The molecule has 2 rings (SSSR count). The van der Waals surface area contributed by atoms with Crippen molar-refractivity contribution >= 4 is 40.6 Å². The van der Waals surface area contributed by atoms with Gasteiger partial charge >= 0.3 is 0 Å². The number of hydrogen-bond donors (Lipinski definition) is 1. The summed E-state index contributed by atoms with van der Waals surface area (Å²) in [7, 11) is 0. The van der Waals surface area contributed by atoms with Crippen molar-refractivity contribution in [1.29, 1.82) is 0 Å². The van der Waals surface area contributed by atoms with E-state index in [0.717, 1.165) is 0 Å². The van der Waals surface area contributed by atoms with Crippen LogP contribution in [0.15, 0.2) is 54.6 Å². The Hall–Kier alpha value is -1.58. The van der Waals surface area contributed by atoms with Crippen LogP contribution in [0.25, 0.3) is 0 Å². The SMILES string of the molecule is CC(=O)CC(=O)Nc1ccccc1.ClC1(Cl)C=CC=CC1. The lowest BCUT2D eigenvalue weighted by atomic mass is 10.2. The summed E-state index contributed by atoms with van der Waals surface area (Å²) < 4.78 is -0.644. The predicted molar refractivity (Wildman–Crippen MR) is 87.7 cm³/mol. The zero-order valence-electron chi connectivity index (χ0n) is 11.7. The van der Waals surface area contributed by atoms with Crippen LogP contribution in [0.4, 0.5) is 5.69 Å². The number of anilines is 1. The van der Waals surface area contributed by atoms with Gasteiger partial charge in [-0.25, -0.2) is 0 Å². The number of alkyl halides is 2. The summed E-state index contributed by atoms with van der Waals surface area (Å²) in [5.74, 6) is -0.396. The van der Waals surface area contributed by atoms with Crippen molar-refractivity contribution in [3.05, 3.63) is 54.6 Å². The van der Waals surface area contributed by atoms with E-state index in [1.807, 2.05) is 36.4 Å². The number of carbonyl (C=O) groups is 2. The predicted octanol–water partition coefficient (Wildman–Crippen LogP) is 4.28. The van der Waals surface area contributed by atoms with Crippen LogP contribution >= 0.6 is 23.2 Å². The Morgan fingerprint density at radius 2 is 1.86 bits per heavy atom. The first kappa shape index (κ1) is 17.5. The van der Waals surface area contributed by atoms with E-state index in [2.05, 4.69) is 5.32 Å². The van der Waals surface area contributed by atoms with Gasteiger partial charge in [0.05, 0.1) is 6.42 Å². The van der Waals surface area contributed by atoms with Crippen LogP contribution in [-0.2, 0) is 9.59 Å². The number of benzene rings is 1. The molecule has 0 saturated heterocycles. The number of halogens is 2. The molecule has 1 aromatic rings. The molecule has 0 heterocycles. The van der Waals surface area contributed by atoms with Crippen LogP contribution < -0.4 is 5.32 Å². The van der Waals surface area contributed by atoms with E-state index in [1.54, 1.807) is 18.2 Å². The highest BCUT2D eigenvalue weighted by Gasteiger charge is 2.18. The number of hydrogen-bond acceptors (Lipinski definition) is 2. The van der Waals surface area contributed by atoms with E-state index in [4.69, 9.17) is 23.2 Å². The maximum atomic E-state index is 11.1. The van der Waals surface area contributed by atoms with E-state index < -0.39 is 4.33 Å². The minimum absolute atomic E-state index is 0.0606. The van der Waals surface area contributed by atoms with Crippen molar-refractivity contribution in [2.75, 3.05) is 5.32 Å². The lowest BCUT2D eigenvalue weighted by Gasteiger charge is -2.13. The van der Waals surface area contributed by atoms with Crippen LogP contribution in [-0.4, -0.2) is 16.0 Å². The summed E-state index contributed by atoms with van der Waals surface area (Å²) in [4.78, 5) is 21.7. The second-order valence-corrected chi connectivity index (χ2v) is 6.09. The van der Waals surface area contributed by atoms with Gasteiger partial charge in [0.1, 0.15) is 10.1 Å². The number of nitrogens with one attached hydrogen (secondary N) is 1. The molecule has 1 N–H and O–H groups in total. The molecule has 1 aliphatic rings. The van der Waals surface area contributed by atoms with Crippen molar-refractivity contribution in [2.24, 2.45) is 0 Å². The second-order valence-electron chi connectivity index (χ2n) is 4.55. The lowest BCUT2D eigenvalue weighted by molar-refractivity contribution is -0.124. The summed E-state index contributed by atoms with van der Waals surface area (Å²) in [5, 5.41) is 2.61. The summed E-state index contributed by atoms with van der Waals surface area (Å²) in [5.41, 5.74) is 0.716. The summed E-state index contributed by atoms with van der Waals surface area (Å²) in [6.45, 7) is 1.39. The molecule has 0 unspecified atom stereocenters. The van der Waals surface area contributed by atoms with E-state index >= 15 is 0 Å². The Morgan fingerprint density at radius 3 is 2.29 bits per heavy atom. The maximum absolute atomic E-state index is 11.1. The molecule has 0 spiro atoms. The van der Waals surface area contributed by atoms with Crippen molar-refractivity contribution in [3.8, 4) is 0 Å². The Bertz CT molecular complexity index is 536. The van der Waals surface area contributed by atoms with Crippen molar-refractivity contribution < 1.29 is 9.59 Å². The number of allylic oxidation sites excluding steroid dienone is 4. The quantitative estimate of drug-likeness (QED) is 0.666. The standard InChI is InChI=1S/C10H11NO2.C6H6Cl2/c1-8(12)7-10(13)11-9-5-3-2-4-6-9;7-6(8)4-2-1-3-5-6/h2-6H,7H2,1H3,(H,11,13);1-4H,5H2. The number of carbonyl (C=O) groups excluding carboxylic acids is 2. The molecule has 21 heavy (non-hydrogen) atoms. The average Bonchev–Trinajstić information content (AvgIpc) is 2.39. The highest BCUT2D eigenvalue weighted by Crippen LogP contribution is 2.29. The highest BCUT2D eigenvalue weighted by atomic mass is 35.5. The smallest absolute Gasteiger partial charge is 0.231 e. The molecule has 3 nitrogen and oxygen atoms in total. The molecule has 0 fully saturated rings. The van der Waals surface area contributed by atoms with Crippen molar-refractivity contribution in [3.63, 3.8) is 0 Å². The zero-order valence-corrected chi connectivity index (χ0v) is 13.2. The molecule has 0 atom stereocenters. The number of rotatable bonds is 3. The van der Waals surface area contributed by atoms with Gasteiger partial charge in [-0.1, -0.05) is 59.6 Å². The third-order valence-electron chi connectivity index (χ3n) is 2.44. The van der Waals surface area contributed by atoms with Gasteiger partial charge in [-0.15, -0.1) is 0 Å². The molecule has 0 bridgehead atoms. The maximum Gasteiger partial charge on any atom is 0.231 e. The molecular weight excluding hydrogens is 309 g/mol. The number of Topliss-reactive ketones (excluding diaryl/α,β-unsaturated/α-hetero) is 1. The Balaban J connectivity index is 0.000000235. The molecule has 1 aliphatic carbocycles. The van der Waals surface area contributed by atoms with E-state index in [0.29, 0.717) is 12.1 Å². The summed E-state index contributed by atoms with van der Waals surface area (Å²) in [6.07, 6.45) is 8.16. The normalized spacial score (nSPS) is 14.8. The highest BCUT2D eigenvalue weighted by molar-refractivity contribution is 6.50. The largest absolute Gasteiger partial charge is 0.326 e. The van der Waals surface area contributed by atoms with Gasteiger partial charge in [0.15, 0.2) is 0 Å². The van der Waals surface area contributed by atoms with Crippen LogP contribution in [0.5, 0.6) is 0 Å². The number of para-hydroxylation sites is 1. The first-order valence-corrected chi connectivity index (χ1v) is 7.21. The van der Waals surface area contributed by atoms with E-state index in [9.17, 15) is 9.59 Å². The molecular formula is C16H17Cl2NO2. The van der Waals surface area contributed by atoms with E-state index in [-0.39, 0.29) is 18.1 Å². The number of ketones is 1. The molecule has 5 heteroatoms. The minimum Gasteiger partial charge on any atom is -0.326 e. The topological polar surface area (TPSA) is 46.2 Å². The molecule has 112 valence electrons. The van der Waals surface area contributed by atoms with E-state index in [1.165, 1.54) is 6.92 Å². The fourth-order valence-corrected chi connectivity index (χ4v) is 1.84. The van der Waals surface area contributed by atoms with Gasteiger partial charge < -0.3 is 5.32 Å².